The Balaban J connectivity index is 1.73. The van der Waals surface area contributed by atoms with Gasteiger partial charge in [-0.15, -0.1) is 0 Å². The van der Waals surface area contributed by atoms with Gasteiger partial charge in [0.05, 0.1) is 0 Å². The summed E-state index contributed by atoms with van der Waals surface area (Å²) in [5, 5.41) is 2.78. The molecule has 0 aliphatic heterocycles. The van der Waals surface area contributed by atoms with E-state index in [0.29, 0.717) is 5.95 Å². The molecule has 1 N–H and O–H groups in total. The fourth-order valence-corrected chi connectivity index (χ4v) is 1.33. The van der Waals surface area contributed by atoms with Crippen LogP contribution in [0, 0.1) is 0 Å². The lowest BCUT2D eigenvalue weighted by molar-refractivity contribution is -0.142. The van der Waals surface area contributed by atoms with Crippen molar-refractivity contribution in [2.45, 2.75) is 6.61 Å². The number of carbonyl (C=O) groups excluding carboxylic acids is 1. The molecule has 1 aromatic heterocycles. The monoisotopic (exact) mass is 243 g/mol. The first kappa shape index (κ1) is 12.0. The molecule has 5 nitrogen and oxygen atoms in total. The first-order valence-electron chi connectivity index (χ1n) is 5.55. The van der Waals surface area contributed by atoms with Gasteiger partial charge in [-0.1, -0.05) is 30.3 Å². The van der Waals surface area contributed by atoms with Crippen LogP contribution in [0.5, 0.6) is 0 Å². The van der Waals surface area contributed by atoms with E-state index in [4.69, 9.17) is 4.74 Å². The summed E-state index contributed by atoms with van der Waals surface area (Å²) in [4.78, 5) is 19.3. The molecule has 1 heterocycles. The number of benzene rings is 1. The quantitative estimate of drug-likeness (QED) is 0.809. The Morgan fingerprint density at radius 1 is 1.11 bits per heavy atom. The Hall–Kier alpha value is -2.43. The fourth-order valence-electron chi connectivity index (χ4n) is 1.33. The third kappa shape index (κ3) is 3.86. The van der Waals surface area contributed by atoms with Crippen molar-refractivity contribution < 1.29 is 9.53 Å². The number of nitrogens with one attached hydrogen (secondary N) is 1. The van der Waals surface area contributed by atoms with E-state index in [2.05, 4.69) is 15.3 Å². The second-order valence-electron chi connectivity index (χ2n) is 3.57. The highest BCUT2D eigenvalue weighted by Gasteiger charge is 2.03. The molecule has 0 fully saturated rings. The van der Waals surface area contributed by atoms with Crippen molar-refractivity contribution >= 4 is 11.9 Å². The molecule has 18 heavy (non-hydrogen) atoms. The predicted molar refractivity (Wildman–Crippen MR) is 66.8 cm³/mol. The number of nitrogens with zero attached hydrogens (tertiary/aromatic N) is 2. The summed E-state index contributed by atoms with van der Waals surface area (Å²) in [7, 11) is 0. The van der Waals surface area contributed by atoms with Gasteiger partial charge in [0.1, 0.15) is 13.2 Å². The molecule has 0 unspecified atom stereocenters. The third-order valence-electron chi connectivity index (χ3n) is 2.20. The summed E-state index contributed by atoms with van der Waals surface area (Å²) in [5.74, 6) is 0.0699. The second kappa shape index (κ2) is 6.34. The normalized spacial score (nSPS) is 9.78. The Bertz CT molecular complexity index is 443. The Labute approximate surface area is 105 Å². The van der Waals surface area contributed by atoms with Crippen molar-refractivity contribution in [1.29, 1.82) is 0 Å². The highest BCUT2D eigenvalue weighted by molar-refractivity contribution is 5.74. The van der Waals surface area contributed by atoms with Crippen molar-refractivity contribution in [1.82, 2.24) is 9.97 Å². The van der Waals surface area contributed by atoms with Crippen molar-refractivity contribution in [3.8, 4) is 0 Å². The molecule has 0 saturated carbocycles. The van der Waals surface area contributed by atoms with E-state index in [0.717, 1.165) is 5.56 Å². The number of hydrogen-bond acceptors (Lipinski definition) is 5. The van der Waals surface area contributed by atoms with Crippen LogP contribution < -0.4 is 5.32 Å². The molecule has 0 saturated heterocycles. The minimum atomic E-state index is -0.341. The van der Waals surface area contributed by atoms with Crippen molar-refractivity contribution in [3.05, 3.63) is 54.4 Å². The van der Waals surface area contributed by atoms with Gasteiger partial charge in [0.25, 0.3) is 0 Å². The van der Waals surface area contributed by atoms with E-state index in [1.165, 1.54) is 0 Å². The van der Waals surface area contributed by atoms with Gasteiger partial charge < -0.3 is 10.1 Å². The Kier molecular flexibility index (Phi) is 4.24. The van der Waals surface area contributed by atoms with Crippen LogP contribution in [0.2, 0.25) is 0 Å². The molecule has 5 heteroatoms. The van der Waals surface area contributed by atoms with E-state index in [1.807, 2.05) is 30.3 Å². The minimum Gasteiger partial charge on any atom is -0.460 e. The average molecular weight is 243 g/mol. The second-order valence-corrected chi connectivity index (χ2v) is 3.57. The highest BCUT2D eigenvalue weighted by atomic mass is 16.5. The molecule has 0 spiro atoms. The van der Waals surface area contributed by atoms with Gasteiger partial charge in [-0.05, 0) is 11.6 Å². The van der Waals surface area contributed by atoms with E-state index in [1.54, 1.807) is 18.5 Å². The van der Waals surface area contributed by atoms with Crippen LogP contribution in [-0.4, -0.2) is 22.5 Å². The lowest BCUT2D eigenvalue weighted by atomic mass is 10.2. The van der Waals surface area contributed by atoms with E-state index in [9.17, 15) is 4.79 Å². The van der Waals surface area contributed by atoms with Crippen molar-refractivity contribution in [3.63, 3.8) is 0 Å². The molecule has 92 valence electrons. The Morgan fingerprint density at radius 3 is 2.56 bits per heavy atom. The number of rotatable bonds is 5. The van der Waals surface area contributed by atoms with Gasteiger partial charge >= 0.3 is 5.97 Å². The van der Waals surface area contributed by atoms with Gasteiger partial charge in [0.2, 0.25) is 5.95 Å². The van der Waals surface area contributed by atoms with Crippen molar-refractivity contribution in [2.24, 2.45) is 0 Å². The summed E-state index contributed by atoms with van der Waals surface area (Å²) in [6.07, 6.45) is 3.20. The van der Waals surface area contributed by atoms with Gasteiger partial charge in [-0.3, -0.25) is 4.79 Å². The summed E-state index contributed by atoms with van der Waals surface area (Å²) in [6, 6.07) is 11.2. The maximum absolute atomic E-state index is 11.4. The minimum absolute atomic E-state index is 0.0524. The molecule has 0 aliphatic carbocycles. The summed E-state index contributed by atoms with van der Waals surface area (Å²) < 4.78 is 5.09. The Morgan fingerprint density at radius 2 is 1.83 bits per heavy atom. The van der Waals surface area contributed by atoms with Gasteiger partial charge in [-0.2, -0.15) is 0 Å². The maximum Gasteiger partial charge on any atom is 0.325 e. The molecule has 2 rings (SSSR count). The summed E-state index contributed by atoms with van der Waals surface area (Å²) >= 11 is 0. The number of ether oxygens (including phenoxy) is 1. The smallest absolute Gasteiger partial charge is 0.325 e. The molecular weight excluding hydrogens is 230 g/mol. The van der Waals surface area contributed by atoms with Crippen LogP contribution in [0.25, 0.3) is 0 Å². The van der Waals surface area contributed by atoms with Crippen LogP contribution in [0.1, 0.15) is 5.56 Å². The zero-order chi connectivity index (χ0) is 12.6. The molecule has 0 amide bonds. The van der Waals surface area contributed by atoms with E-state index in [-0.39, 0.29) is 19.1 Å². The number of carbonyl (C=O) groups is 1. The highest BCUT2D eigenvalue weighted by Crippen LogP contribution is 2.01. The fraction of sp³-hybridized carbons (Fsp3) is 0.154. The van der Waals surface area contributed by atoms with Crippen LogP contribution in [0.15, 0.2) is 48.8 Å². The van der Waals surface area contributed by atoms with Crippen molar-refractivity contribution in [2.75, 3.05) is 11.9 Å². The van der Waals surface area contributed by atoms with Crippen LogP contribution in [-0.2, 0) is 16.1 Å². The number of aromatic nitrogens is 2. The first-order valence-corrected chi connectivity index (χ1v) is 5.55. The van der Waals surface area contributed by atoms with Gasteiger partial charge in [0.15, 0.2) is 0 Å². The average Bonchev–Trinajstić information content (AvgIpc) is 2.45. The number of hydrogen-bond donors (Lipinski definition) is 1. The summed E-state index contributed by atoms with van der Waals surface area (Å²) in [5.41, 5.74) is 0.960. The largest absolute Gasteiger partial charge is 0.460 e. The van der Waals surface area contributed by atoms with E-state index < -0.39 is 0 Å². The third-order valence-corrected chi connectivity index (χ3v) is 2.20. The SMILES string of the molecule is O=C(CNc1ncccn1)OCc1ccccc1. The molecule has 2 aromatic rings. The van der Waals surface area contributed by atoms with Gasteiger partial charge in [-0.25, -0.2) is 9.97 Å². The van der Waals surface area contributed by atoms with Gasteiger partial charge in [0, 0.05) is 12.4 Å². The topological polar surface area (TPSA) is 64.1 Å². The molecule has 0 radical (unpaired) electrons. The number of esters is 1. The molecule has 0 bridgehead atoms. The summed E-state index contributed by atoms with van der Waals surface area (Å²) in [6.45, 7) is 0.327. The predicted octanol–water partition coefficient (Wildman–Crippen LogP) is 1.63. The molecule has 0 atom stereocenters. The van der Waals surface area contributed by atoms with Crippen LogP contribution in [0.3, 0.4) is 0 Å². The zero-order valence-electron chi connectivity index (χ0n) is 9.74. The lowest BCUT2D eigenvalue weighted by Crippen LogP contribution is -2.17. The molecular formula is C13H13N3O2. The first-order chi connectivity index (χ1) is 8.84. The van der Waals surface area contributed by atoms with Crippen LogP contribution in [0.4, 0.5) is 5.95 Å². The lowest BCUT2D eigenvalue weighted by Gasteiger charge is -2.05. The van der Waals surface area contributed by atoms with Crippen LogP contribution >= 0.6 is 0 Å². The molecule has 1 aromatic carbocycles. The maximum atomic E-state index is 11.4. The zero-order valence-corrected chi connectivity index (χ0v) is 9.74. The standard InChI is InChI=1S/C13H13N3O2/c17-12(9-16-13-14-7-4-8-15-13)18-10-11-5-2-1-3-6-11/h1-8H,9-10H2,(H,14,15,16). The molecule has 0 aliphatic rings. The van der Waals surface area contributed by atoms with E-state index >= 15 is 0 Å². The number of anilines is 1.